The zero-order valence-electron chi connectivity index (χ0n) is 22.7. The van der Waals surface area contributed by atoms with Gasteiger partial charge in [-0.1, -0.05) is 0 Å². The standard InChI is InChI=1S/C18H21F3N4O5S.C3H9NO2S.C2H2/c1-10-9-29-14-6-5-12(23-16(26)30-17(3,4)18(19,20)21)7-13(14)25(10)31(27,28)15-8-22-24-11(15)2;1-3-7(5,6)4-2;1-2/h5-8,10H,9H2,1-4H3,(H,22,24)(H,23,26);4H,3H2,1-2H3;1-2H/t10-;;/m1../s1. The lowest BCUT2D eigenvalue weighted by molar-refractivity contribution is -0.242. The average Bonchev–Trinajstić information content (AvgIpc) is 3.31. The number of ether oxygens (including phenoxy) is 2. The second-order valence-corrected chi connectivity index (χ2v) is 12.6. The lowest BCUT2D eigenvalue weighted by Gasteiger charge is -2.35. The highest BCUT2D eigenvalue weighted by Crippen LogP contribution is 2.40. The van der Waals surface area contributed by atoms with Crippen LogP contribution in [0.3, 0.4) is 0 Å². The van der Waals surface area contributed by atoms with Gasteiger partial charge in [0, 0.05) is 5.69 Å². The quantitative estimate of drug-likeness (QED) is 0.419. The van der Waals surface area contributed by atoms with E-state index in [4.69, 9.17) is 4.74 Å². The Morgan fingerprint density at radius 3 is 2.30 bits per heavy atom. The summed E-state index contributed by atoms with van der Waals surface area (Å²) >= 11 is 0. The number of rotatable bonds is 6. The van der Waals surface area contributed by atoms with E-state index in [1.807, 2.05) is 0 Å². The first-order chi connectivity index (χ1) is 18.4. The molecule has 224 valence electrons. The lowest BCUT2D eigenvalue weighted by Crippen LogP contribution is -2.45. The molecule has 0 saturated heterocycles. The van der Waals surface area contributed by atoms with Crippen molar-refractivity contribution in [3.8, 4) is 18.6 Å². The first kappa shape index (κ1) is 34.5. The van der Waals surface area contributed by atoms with E-state index in [-0.39, 0.29) is 34.4 Å². The second kappa shape index (κ2) is 13.2. The van der Waals surface area contributed by atoms with Crippen molar-refractivity contribution in [2.75, 3.05) is 29.0 Å². The maximum atomic E-state index is 13.2. The molecule has 0 bridgehead atoms. The summed E-state index contributed by atoms with van der Waals surface area (Å²) in [6.07, 6.45) is 3.08. The monoisotopic (exact) mass is 611 g/mol. The fourth-order valence-electron chi connectivity index (χ4n) is 3.05. The predicted molar refractivity (Wildman–Crippen MR) is 143 cm³/mol. The topological polar surface area (TPSA) is 160 Å². The molecule has 0 saturated carbocycles. The van der Waals surface area contributed by atoms with Gasteiger partial charge in [0.05, 0.1) is 29.4 Å². The number of aryl methyl sites for hydroxylation is 1. The highest BCUT2D eigenvalue weighted by Gasteiger charge is 2.51. The first-order valence-corrected chi connectivity index (χ1v) is 14.6. The summed E-state index contributed by atoms with van der Waals surface area (Å²) in [5.41, 5.74) is -2.22. The number of nitrogens with zero attached hydrogens (tertiary/aromatic N) is 2. The molecule has 2 aromatic rings. The molecule has 1 atom stereocenters. The minimum Gasteiger partial charge on any atom is -0.489 e. The van der Waals surface area contributed by atoms with Crippen LogP contribution in [0.5, 0.6) is 5.75 Å². The number of H-pyrrole nitrogens is 1. The van der Waals surface area contributed by atoms with Crippen LogP contribution in [0.25, 0.3) is 0 Å². The molecule has 1 aromatic carbocycles. The van der Waals surface area contributed by atoms with Gasteiger partial charge in [-0.05, 0) is 59.9 Å². The van der Waals surface area contributed by atoms with Gasteiger partial charge in [0.2, 0.25) is 15.6 Å². The number of anilines is 2. The normalized spacial score (nSPS) is 15.3. The van der Waals surface area contributed by atoms with Crippen LogP contribution in [-0.4, -0.2) is 70.4 Å². The third kappa shape index (κ3) is 8.26. The van der Waals surface area contributed by atoms with E-state index in [9.17, 15) is 34.8 Å². The Balaban J connectivity index is 0.000000775. The largest absolute Gasteiger partial charge is 0.489 e. The Labute approximate surface area is 231 Å². The smallest absolute Gasteiger partial charge is 0.427 e. The van der Waals surface area contributed by atoms with E-state index >= 15 is 0 Å². The van der Waals surface area contributed by atoms with Crippen molar-refractivity contribution in [1.82, 2.24) is 14.9 Å². The highest BCUT2D eigenvalue weighted by atomic mass is 32.2. The third-order valence-corrected chi connectivity index (χ3v) is 8.79. The molecule has 40 heavy (non-hydrogen) atoms. The second-order valence-electron chi connectivity index (χ2n) is 8.63. The van der Waals surface area contributed by atoms with Crippen molar-refractivity contribution in [1.29, 1.82) is 0 Å². The van der Waals surface area contributed by atoms with Gasteiger partial charge >= 0.3 is 12.3 Å². The maximum Gasteiger partial charge on any atom is 0.427 e. The number of carbonyl (C=O) groups is 1. The van der Waals surface area contributed by atoms with Crippen LogP contribution in [0.2, 0.25) is 0 Å². The van der Waals surface area contributed by atoms with Crippen LogP contribution in [0.4, 0.5) is 29.3 Å². The Morgan fingerprint density at radius 2 is 1.85 bits per heavy atom. The van der Waals surface area contributed by atoms with Crippen molar-refractivity contribution in [3.63, 3.8) is 0 Å². The number of alkyl halides is 3. The number of hydrogen-bond donors (Lipinski definition) is 3. The number of amides is 1. The fraction of sp³-hybridized carbons (Fsp3) is 0.478. The Morgan fingerprint density at radius 1 is 1.25 bits per heavy atom. The summed E-state index contributed by atoms with van der Waals surface area (Å²) in [5.74, 6) is 0.390. The van der Waals surface area contributed by atoms with Gasteiger partial charge < -0.3 is 9.47 Å². The van der Waals surface area contributed by atoms with Crippen LogP contribution in [0, 0.1) is 19.8 Å². The number of carbonyl (C=O) groups excluding carboxylic acids is 1. The lowest BCUT2D eigenvalue weighted by atomic mass is 10.1. The molecule has 0 unspecified atom stereocenters. The Hall–Kier alpha value is -3.49. The van der Waals surface area contributed by atoms with E-state index in [1.54, 1.807) is 20.8 Å². The number of benzene rings is 1. The zero-order valence-corrected chi connectivity index (χ0v) is 24.3. The van der Waals surface area contributed by atoms with Crippen LogP contribution < -0.4 is 19.1 Å². The van der Waals surface area contributed by atoms with E-state index < -0.39 is 44.0 Å². The van der Waals surface area contributed by atoms with Gasteiger partial charge in [-0.25, -0.2) is 26.4 Å². The number of hydrogen-bond acceptors (Lipinski definition) is 8. The minimum atomic E-state index is -4.77. The Bertz CT molecular complexity index is 1400. The summed E-state index contributed by atoms with van der Waals surface area (Å²) in [6, 6.07) is 3.47. The van der Waals surface area contributed by atoms with Gasteiger partial charge in [0.25, 0.3) is 10.0 Å². The molecular formula is C23H32F3N5O7S2. The molecule has 3 rings (SSSR count). The summed E-state index contributed by atoms with van der Waals surface area (Å²) in [5, 5.41) is 8.52. The molecule has 0 radical (unpaired) electrons. The summed E-state index contributed by atoms with van der Waals surface area (Å²) in [6.45, 7) is 6.30. The van der Waals surface area contributed by atoms with Crippen molar-refractivity contribution in [2.24, 2.45) is 0 Å². The number of aromatic nitrogens is 2. The van der Waals surface area contributed by atoms with Gasteiger partial charge in [-0.15, -0.1) is 12.8 Å². The van der Waals surface area contributed by atoms with Gasteiger partial charge in [0.15, 0.2) is 0 Å². The molecule has 3 N–H and O–H groups in total. The van der Waals surface area contributed by atoms with Crippen molar-refractivity contribution in [3.05, 3.63) is 30.1 Å². The fourth-order valence-corrected chi connectivity index (χ4v) is 5.11. The zero-order chi connectivity index (χ0) is 31.1. The van der Waals surface area contributed by atoms with Crippen molar-refractivity contribution < 1.29 is 44.3 Å². The van der Waals surface area contributed by atoms with Crippen molar-refractivity contribution in [2.45, 2.75) is 57.3 Å². The SMILES string of the molecule is C#C.CCS(=O)(=O)NC.Cc1[nH]ncc1S(=O)(=O)N1c2cc(NC(=O)OC(C)(C)C(F)(F)F)ccc2OC[C@H]1C. The molecule has 1 amide bonds. The predicted octanol–water partition coefficient (Wildman–Crippen LogP) is 3.39. The van der Waals surface area contributed by atoms with E-state index in [0.717, 1.165) is 18.2 Å². The van der Waals surface area contributed by atoms with E-state index in [1.165, 1.54) is 31.4 Å². The molecule has 17 heteroatoms. The van der Waals surface area contributed by atoms with Crippen LogP contribution >= 0.6 is 0 Å². The van der Waals surface area contributed by atoms with Crippen LogP contribution in [-0.2, 0) is 24.8 Å². The molecule has 1 aliphatic rings. The Kier molecular flexibility index (Phi) is 11.4. The minimum absolute atomic E-state index is 0.0306. The number of sulfonamides is 2. The molecule has 1 aromatic heterocycles. The number of terminal acetylenes is 1. The number of aromatic amines is 1. The summed E-state index contributed by atoms with van der Waals surface area (Å²) in [4.78, 5) is 12.0. The van der Waals surface area contributed by atoms with Gasteiger partial charge in [-0.2, -0.15) is 18.3 Å². The maximum absolute atomic E-state index is 13.2. The number of halogens is 3. The molecule has 0 aliphatic carbocycles. The van der Waals surface area contributed by atoms with Gasteiger partial charge in [0.1, 0.15) is 17.3 Å². The molecule has 12 nitrogen and oxygen atoms in total. The van der Waals surface area contributed by atoms with Gasteiger partial charge in [-0.3, -0.25) is 14.7 Å². The molecule has 0 fully saturated rings. The first-order valence-electron chi connectivity index (χ1n) is 11.5. The molecular weight excluding hydrogens is 579 g/mol. The third-order valence-electron chi connectivity index (χ3n) is 5.37. The van der Waals surface area contributed by atoms with E-state index in [0.29, 0.717) is 5.69 Å². The van der Waals surface area contributed by atoms with E-state index in [2.05, 4.69) is 37.8 Å². The van der Waals surface area contributed by atoms with Crippen LogP contribution in [0.15, 0.2) is 29.3 Å². The summed E-state index contributed by atoms with van der Waals surface area (Å²) < 4.78 is 99.2. The average molecular weight is 612 g/mol. The molecule has 1 aliphatic heterocycles. The molecule has 2 heterocycles. The number of nitrogens with one attached hydrogen (secondary N) is 3. The molecule has 0 spiro atoms. The number of fused-ring (bicyclic) bond motifs is 1. The van der Waals surface area contributed by atoms with Crippen molar-refractivity contribution >= 4 is 37.5 Å². The summed E-state index contributed by atoms with van der Waals surface area (Å²) in [7, 11) is -5.54. The van der Waals surface area contributed by atoms with Crippen LogP contribution in [0.1, 0.15) is 33.4 Å². The highest BCUT2D eigenvalue weighted by molar-refractivity contribution is 7.93.